The van der Waals surface area contributed by atoms with E-state index in [1.165, 1.54) is 0 Å². The molecule has 0 N–H and O–H groups in total. The molecule has 0 amide bonds. The van der Waals surface area contributed by atoms with Gasteiger partial charge in [-0.1, -0.05) is 133 Å². The number of benzene rings is 8. The molecule has 0 bridgehead atoms. The molecule has 3 heterocycles. The predicted molar refractivity (Wildman–Crippen MR) is 202 cm³/mol. The van der Waals surface area contributed by atoms with Crippen LogP contribution in [-0.2, 0) is 0 Å². The lowest BCUT2D eigenvalue weighted by molar-refractivity contribution is 0.631. The molecule has 0 aliphatic rings. The van der Waals surface area contributed by atoms with Crippen LogP contribution in [0.2, 0.25) is 0 Å². The van der Waals surface area contributed by atoms with Crippen molar-refractivity contribution >= 4 is 76.4 Å². The minimum absolute atomic E-state index is 0.796. The third-order valence-corrected chi connectivity index (χ3v) is 10.1. The molecule has 228 valence electrons. The predicted octanol–water partition coefficient (Wildman–Crippen LogP) is 13.5. The summed E-state index contributed by atoms with van der Waals surface area (Å²) in [6.45, 7) is 0. The van der Waals surface area contributed by atoms with E-state index >= 15 is 0 Å². The van der Waals surface area contributed by atoms with E-state index in [4.69, 9.17) is 13.3 Å². The third kappa shape index (κ3) is 3.67. The molecule has 8 aromatic carbocycles. The minimum Gasteiger partial charge on any atom is -0.455 e. The maximum atomic E-state index is 6.87. The van der Waals surface area contributed by atoms with Crippen molar-refractivity contribution in [1.29, 1.82) is 0 Å². The highest BCUT2D eigenvalue weighted by Gasteiger charge is 2.27. The molecule has 0 unspecified atom stereocenters. The summed E-state index contributed by atoms with van der Waals surface area (Å²) in [6, 6.07) is 55.2. The van der Waals surface area contributed by atoms with Gasteiger partial charge in [-0.2, -0.15) is 0 Å². The first kappa shape index (κ1) is 26.5. The number of fused-ring (bicyclic) bond motifs is 10. The first-order valence-electron chi connectivity index (χ1n) is 16.6. The largest absolute Gasteiger partial charge is 0.455 e. The molecular formula is C46H26O3. The molecular weight excluding hydrogens is 601 g/mol. The Bertz CT molecular complexity index is 3040. The summed E-state index contributed by atoms with van der Waals surface area (Å²) in [5.41, 5.74) is 9.69. The van der Waals surface area contributed by atoms with Crippen LogP contribution in [0.25, 0.3) is 110 Å². The molecule has 3 aromatic heterocycles. The Morgan fingerprint density at radius 2 is 0.796 bits per heavy atom. The second-order valence-electron chi connectivity index (χ2n) is 12.7. The summed E-state index contributed by atoms with van der Waals surface area (Å²) in [6.07, 6.45) is 0. The summed E-state index contributed by atoms with van der Waals surface area (Å²) in [5, 5.41) is 9.96. The lowest BCUT2D eigenvalue weighted by Gasteiger charge is -2.18. The summed E-state index contributed by atoms with van der Waals surface area (Å²) < 4.78 is 20.2. The Kier molecular flexibility index (Phi) is 5.38. The van der Waals surface area contributed by atoms with Crippen molar-refractivity contribution in [3.05, 3.63) is 158 Å². The number of hydrogen-bond donors (Lipinski definition) is 0. The van der Waals surface area contributed by atoms with Crippen molar-refractivity contribution in [2.75, 3.05) is 0 Å². The molecule has 11 aromatic rings. The zero-order valence-corrected chi connectivity index (χ0v) is 26.2. The first-order valence-corrected chi connectivity index (χ1v) is 16.6. The molecule has 0 aliphatic carbocycles. The Hall–Kier alpha value is -6.58. The van der Waals surface area contributed by atoms with Crippen LogP contribution in [0.5, 0.6) is 0 Å². The lowest BCUT2D eigenvalue weighted by atomic mass is 9.84. The Balaban J connectivity index is 1.34. The maximum Gasteiger partial charge on any atom is 0.147 e. The number of hydrogen-bond acceptors (Lipinski definition) is 3. The van der Waals surface area contributed by atoms with E-state index in [-0.39, 0.29) is 0 Å². The quantitative estimate of drug-likeness (QED) is 0.183. The van der Waals surface area contributed by atoms with Crippen molar-refractivity contribution in [1.82, 2.24) is 0 Å². The Labute approximate surface area is 280 Å². The molecule has 0 aliphatic heterocycles. The maximum absolute atomic E-state index is 6.87. The molecule has 0 saturated carbocycles. The first-order chi connectivity index (χ1) is 24.3. The van der Waals surface area contributed by atoms with Gasteiger partial charge in [0.15, 0.2) is 0 Å². The standard InChI is InChI=1S/C46H26O3/c1-2-13-27(14-3-1)44-43(42-39(49-44)26-25-35-29-16-9-11-24-38(29)48-46(35)42)41-32-19-6-4-17-30(32)40(31-18-5-7-20-33(31)41)36-22-12-21-34-28-15-8-10-23-37(28)47-45(34)36/h1-26H. The van der Waals surface area contributed by atoms with E-state index in [0.717, 1.165) is 110 Å². The topological polar surface area (TPSA) is 39.4 Å². The van der Waals surface area contributed by atoms with Crippen LogP contribution < -0.4 is 0 Å². The summed E-state index contributed by atoms with van der Waals surface area (Å²) in [7, 11) is 0. The fourth-order valence-electron chi connectivity index (χ4n) is 8.03. The molecule has 0 spiro atoms. The lowest BCUT2D eigenvalue weighted by Crippen LogP contribution is -1.92. The van der Waals surface area contributed by atoms with Gasteiger partial charge in [0.05, 0.1) is 5.39 Å². The molecule has 0 saturated heterocycles. The fraction of sp³-hybridized carbons (Fsp3) is 0. The van der Waals surface area contributed by atoms with E-state index in [0.29, 0.717) is 0 Å². The van der Waals surface area contributed by atoms with Gasteiger partial charge in [0.25, 0.3) is 0 Å². The van der Waals surface area contributed by atoms with Gasteiger partial charge in [-0.3, -0.25) is 0 Å². The van der Waals surface area contributed by atoms with Gasteiger partial charge in [-0.15, -0.1) is 0 Å². The van der Waals surface area contributed by atoms with E-state index < -0.39 is 0 Å². The summed E-state index contributed by atoms with van der Waals surface area (Å²) in [4.78, 5) is 0. The molecule has 11 rings (SSSR count). The highest BCUT2D eigenvalue weighted by Crippen LogP contribution is 2.52. The Morgan fingerprint density at radius 3 is 1.45 bits per heavy atom. The number of furan rings is 3. The smallest absolute Gasteiger partial charge is 0.147 e. The van der Waals surface area contributed by atoms with Crippen LogP contribution in [0, 0.1) is 0 Å². The van der Waals surface area contributed by atoms with E-state index in [9.17, 15) is 0 Å². The summed E-state index contributed by atoms with van der Waals surface area (Å²) >= 11 is 0. The molecule has 3 heteroatoms. The van der Waals surface area contributed by atoms with Crippen molar-refractivity contribution in [2.24, 2.45) is 0 Å². The van der Waals surface area contributed by atoms with Crippen LogP contribution in [0.3, 0.4) is 0 Å². The van der Waals surface area contributed by atoms with Crippen LogP contribution in [-0.4, -0.2) is 0 Å². The van der Waals surface area contributed by atoms with Gasteiger partial charge < -0.3 is 13.3 Å². The monoisotopic (exact) mass is 626 g/mol. The number of rotatable bonds is 3. The average Bonchev–Trinajstić information content (AvgIpc) is 3.86. The van der Waals surface area contributed by atoms with Crippen molar-refractivity contribution in [2.45, 2.75) is 0 Å². The van der Waals surface area contributed by atoms with Gasteiger partial charge in [-0.05, 0) is 45.8 Å². The van der Waals surface area contributed by atoms with Gasteiger partial charge in [0, 0.05) is 49.4 Å². The third-order valence-electron chi connectivity index (χ3n) is 10.1. The van der Waals surface area contributed by atoms with Gasteiger partial charge >= 0.3 is 0 Å². The highest BCUT2D eigenvalue weighted by atomic mass is 16.3. The zero-order valence-electron chi connectivity index (χ0n) is 26.2. The van der Waals surface area contributed by atoms with E-state index in [1.807, 2.05) is 30.3 Å². The molecule has 0 atom stereocenters. The fourth-order valence-corrected chi connectivity index (χ4v) is 8.03. The van der Waals surface area contributed by atoms with Crippen LogP contribution in [0.1, 0.15) is 0 Å². The second-order valence-corrected chi connectivity index (χ2v) is 12.7. The normalized spacial score (nSPS) is 12.1. The van der Waals surface area contributed by atoms with Crippen LogP contribution >= 0.6 is 0 Å². The van der Waals surface area contributed by atoms with Crippen molar-refractivity contribution in [3.63, 3.8) is 0 Å². The van der Waals surface area contributed by atoms with Gasteiger partial charge in [0.2, 0.25) is 0 Å². The van der Waals surface area contributed by atoms with Crippen molar-refractivity contribution < 1.29 is 13.3 Å². The van der Waals surface area contributed by atoms with Crippen LogP contribution in [0.4, 0.5) is 0 Å². The highest BCUT2D eigenvalue weighted by molar-refractivity contribution is 6.29. The van der Waals surface area contributed by atoms with Crippen molar-refractivity contribution in [3.8, 4) is 33.6 Å². The zero-order chi connectivity index (χ0) is 32.1. The minimum atomic E-state index is 0.796. The van der Waals surface area contributed by atoms with Gasteiger partial charge in [0.1, 0.15) is 33.7 Å². The van der Waals surface area contributed by atoms with Crippen LogP contribution in [0.15, 0.2) is 171 Å². The molecule has 0 radical (unpaired) electrons. The van der Waals surface area contributed by atoms with E-state index in [1.54, 1.807) is 0 Å². The Morgan fingerprint density at radius 1 is 0.286 bits per heavy atom. The second kappa shape index (κ2) is 9.96. The molecule has 3 nitrogen and oxygen atoms in total. The average molecular weight is 627 g/mol. The SMILES string of the molecule is c1ccc(-c2oc3ccc4c5ccccc5oc4c3c2-c2c3ccccc3c(-c3cccc4c3oc3ccccc34)c3ccccc23)cc1. The summed E-state index contributed by atoms with van der Waals surface area (Å²) in [5.74, 6) is 0.825. The van der Waals surface area contributed by atoms with E-state index in [2.05, 4.69) is 127 Å². The number of para-hydroxylation sites is 3. The molecule has 49 heavy (non-hydrogen) atoms. The van der Waals surface area contributed by atoms with Gasteiger partial charge in [-0.25, -0.2) is 0 Å². The molecule has 0 fully saturated rings.